The van der Waals surface area contributed by atoms with Gasteiger partial charge in [-0.3, -0.25) is 0 Å². The van der Waals surface area contributed by atoms with Gasteiger partial charge in [-0.25, -0.2) is 8.42 Å². The highest BCUT2D eigenvalue weighted by Gasteiger charge is 2.41. The van der Waals surface area contributed by atoms with E-state index in [1.165, 1.54) is 6.42 Å². The first-order valence-electron chi connectivity index (χ1n) is 5.02. The molecule has 0 aromatic heterocycles. The minimum atomic E-state index is -2.78. The molecule has 2 fully saturated rings. The molecule has 3 nitrogen and oxygen atoms in total. The minimum absolute atomic E-state index is 0.127. The molecule has 2 rings (SSSR count). The molecule has 0 aromatic rings. The molecule has 1 heterocycles. The summed E-state index contributed by atoms with van der Waals surface area (Å²) < 4.78 is 23.0. The molecule has 1 atom stereocenters. The molecule has 2 N–H and O–H groups in total. The van der Waals surface area contributed by atoms with Crippen LogP contribution in [0.3, 0.4) is 0 Å². The molecule has 13 heavy (non-hydrogen) atoms. The molecule has 2 aliphatic rings. The Morgan fingerprint density at radius 3 is 2.38 bits per heavy atom. The van der Waals surface area contributed by atoms with Gasteiger partial charge in [-0.2, -0.15) is 0 Å². The zero-order valence-corrected chi connectivity index (χ0v) is 8.65. The van der Waals surface area contributed by atoms with Crippen LogP contribution in [0, 0.1) is 0 Å². The monoisotopic (exact) mass is 203 g/mol. The Morgan fingerprint density at radius 1 is 1.31 bits per heavy atom. The van der Waals surface area contributed by atoms with Crippen LogP contribution < -0.4 is 5.73 Å². The second kappa shape index (κ2) is 2.95. The van der Waals surface area contributed by atoms with Gasteiger partial charge in [0.2, 0.25) is 0 Å². The van der Waals surface area contributed by atoms with Crippen LogP contribution in [0.5, 0.6) is 0 Å². The summed E-state index contributed by atoms with van der Waals surface area (Å²) in [5.74, 6) is 0.383. The molecule has 1 unspecified atom stereocenters. The molecule has 4 heteroatoms. The fourth-order valence-electron chi connectivity index (χ4n) is 2.38. The lowest BCUT2D eigenvalue weighted by atomic mass is 9.74. The number of hydrogen-bond donors (Lipinski definition) is 1. The van der Waals surface area contributed by atoms with E-state index in [0.29, 0.717) is 12.2 Å². The summed E-state index contributed by atoms with van der Waals surface area (Å²) >= 11 is 0. The van der Waals surface area contributed by atoms with E-state index in [4.69, 9.17) is 5.73 Å². The lowest BCUT2D eigenvalue weighted by molar-refractivity contribution is 0.227. The number of sulfone groups is 1. The largest absolute Gasteiger partial charge is 0.325 e. The fourth-order valence-corrected chi connectivity index (χ4v) is 4.39. The summed E-state index contributed by atoms with van der Waals surface area (Å²) in [7, 11) is -2.78. The molecule has 0 aromatic carbocycles. The zero-order valence-electron chi connectivity index (χ0n) is 7.83. The average molecular weight is 203 g/mol. The van der Waals surface area contributed by atoms with E-state index in [-0.39, 0.29) is 10.8 Å². The first kappa shape index (κ1) is 9.46. The second-order valence-electron chi connectivity index (χ2n) is 4.55. The third-order valence-electron chi connectivity index (χ3n) is 3.45. The lowest BCUT2D eigenvalue weighted by Crippen LogP contribution is -2.49. The molecule has 0 radical (unpaired) electrons. The van der Waals surface area contributed by atoms with E-state index in [9.17, 15) is 8.42 Å². The van der Waals surface area contributed by atoms with Gasteiger partial charge < -0.3 is 5.73 Å². The first-order chi connectivity index (χ1) is 6.02. The maximum absolute atomic E-state index is 11.5. The lowest BCUT2D eigenvalue weighted by Gasteiger charge is -2.39. The van der Waals surface area contributed by atoms with Crippen molar-refractivity contribution in [2.45, 2.75) is 49.3 Å². The summed E-state index contributed by atoms with van der Waals surface area (Å²) in [5.41, 5.74) is 5.90. The first-order valence-corrected chi connectivity index (χ1v) is 6.74. The maximum atomic E-state index is 11.5. The van der Waals surface area contributed by atoms with Gasteiger partial charge >= 0.3 is 0 Å². The Morgan fingerprint density at radius 2 is 2.00 bits per heavy atom. The summed E-state index contributed by atoms with van der Waals surface area (Å²) in [4.78, 5) is 0. The van der Waals surface area contributed by atoms with E-state index in [1.54, 1.807) is 0 Å². The van der Waals surface area contributed by atoms with Crippen molar-refractivity contribution in [3.63, 3.8) is 0 Å². The topological polar surface area (TPSA) is 60.2 Å². The van der Waals surface area contributed by atoms with Gasteiger partial charge in [0.25, 0.3) is 0 Å². The van der Waals surface area contributed by atoms with Crippen molar-refractivity contribution in [3.8, 4) is 0 Å². The number of rotatable bonds is 2. The van der Waals surface area contributed by atoms with Crippen LogP contribution in [0.15, 0.2) is 0 Å². The van der Waals surface area contributed by atoms with Crippen LogP contribution >= 0.6 is 0 Å². The highest BCUT2D eigenvalue weighted by Crippen LogP contribution is 2.37. The third kappa shape index (κ3) is 1.74. The van der Waals surface area contributed by atoms with Crippen molar-refractivity contribution < 1.29 is 8.42 Å². The number of hydrogen-bond acceptors (Lipinski definition) is 3. The predicted octanol–water partition coefficient (Wildman–Crippen LogP) is 0.835. The smallest absolute Gasteiger partial charge is 0.153 e. The molecule has 1 aliphatic carbocycles. The zero-order chi connectivity index (χ0) is 9.53. The van der Waals surface area contributed by atoms with Gasteiger partial charge in [0.15, 0.2) is 9.84 Å². The normalized spacial score (nSPS) is 35.6. The van der Waals surface area contributed by atoms with Crippen molar-refractivity contribution in [2.24, 2.45) is 5.73 Å². The molecular formula is C9H17NO2S. The van der Waals surface area contributed by atoms with Crippen molar-refractivity contribution in [1.82, 2.24) is 0 Å². The van der Waals surface area contributed by atoms with Gasteiger partial charge in [-0.15, -0.1) is 0 Å². The van der Waals surface area contributed by atoms with Crippen LogP contribution in [0.1, 0.15) is 38.5 Å². The fraction of sp³-hybridized carbons (Fsp3) is 1.00. The van der Waals surface area contributed by atoms with Crippen molar-refractivity contribution in [2.75, 3.05) is 5.75 Å². The molecule has 1 saturated carbocycles. The Balaban J connectivity index is 2.02. The second-order valence-corrected chi connectivity index (χ2v) is 6.95. The quantitative estimate of drug-likeness (QED) is 0.723. The Kier molecular flexibility index (Phi) is 2.15. The van der Waals surface area contributed by atoms with Crippen molar-refractivity contribution in [1.29, 1.82) is 0 Å². The summed E-state index contributed by atoms with van der Waals surface area (Å²) in [6, 6.07) is 0. The summed E-state index contributed by atoms with van der Waals surface area (Å²) in [6.07, 6.45) is 5.57. The van der Waals surface area contributed by atoms with Crippen molar-refractivity contribution in [3.05, 3.63) is 0 Å². The van der Waals surface area contributed by atoms with Gasteiger partial charge in [-0.05, 0) is 38.5 Å². The highest BCUT2D eigenvalue weighted by atomic mass is 32.2. The molecule has 76 valence electrons. The van der Waals surface area contributed by atoms with Crippen LogP contribution in [-0.2, 0) is 9.84 Å². The molecule has 0 bridgehead atoms. The Labute approximate surface area is 79.6 Å². The van der Waals surface area contributed by atoms with Gasteiger partial charge in [-0.1, -0.05) is 0 Å². The molecule has 1 saturated heterocycles. The van der Waals surface area contributed by atoms with E-state index in [1.807, 2.05) is 0 Å². The molecule has 0 amide bonds. The van der Waals surface area contributed by atoms with E-state index < -0.39 is 9.84 Å². The van der Waals surface area contributed by atoms with E-state index in [2.05, 4.69) is 0 Å². The molecule has 1 aliphatic heterocycles. The van der Waals surface area contributed by atoms with Gasteiger partial charge in [0.05, 0.1) is 11.0 Å². The van der Waals surface area contributed by atoms with Gasteiger partial charge in [0, 0.05) is 5.54 Å². The van der Waals surface area contributed by atoms with Crippen LogP contribution in [0.4, 0.5) is 0 Å². The van der Waals surface area contributed by atoms with Gasteiger partial charge in [0.1, 0.15) is 0 Å². The molecular weight excluding hydrogens is 186 g/mol. The summed E-state index contributed by atoms with van der Waals surface area (Å²) in [6.45, 7) is 0. The van der Waals surface area contributed by atoms with Crippen LogP contribution in [0.2, 0.25) is 0 Å². The Bertz CT molecular complexity index is 293. The predicted molar refractivity (Wildman–Crippen MR) is 52.2 cm³/mol. The Hall–Kier alpha value is -0.0900. The highest BCUT2D eigenvalue weighted by molar-refractivity contribution is 7.92. The van der Waals surface area contributed by atoms with Crippen molar-refractivity contribution >= 4 is 9.84 Å². The van der Waals surface area contributed by atoms with E-state index >= 15 is 0 Å². The minimum Gasteiger partial charge on any atom is -0.325 e. The van der Waals surface area contributed by atoms with Crippen LogP contribution in [-0.4, -0.2) is 25.0 Å². The maximum Gasteiger partial charge on any atom is 0.153 e. The summed E-state index contributed by atoms with van der Waals surface area (Å²) in [5, 5.41) is -0.127. The van der Waals surface area contributed by atoms with Crippen LogP contribution in [0.25, 0.3) is 0 Å². The van der Waals surface area contributed by atoms with E-state index in [0.717, 1.165) is 25.7 Å². The number of nitrogens with two attached hydrogens (primary N) is 1. The SMILES string of the molecule is NC1(CC2CCCS2(=O)=O)CCC1. The average Bonchev–Trinajstić information content (AvgIpc) is 2.28. The standard InChI is InChI=1S/C9H17NO2S/c10-9(4-2-5-9)7-8-3-1-6-13(8,11)12/h8H,1-7,10H2. The molecule has 0 spiro atoms. The third-order valence-corrected chi connectivity index (χ3v) is 5.72.